The summed E-state index contributed by atoms with van der Waals surface area (Å²) in [5, 5.41) is 0. The Balaban J connectivity index is 0.00000162. The van der Waals surface area contributed by atoms with Gasteiger partial charge in [-0.15, -0.1) is 24.0 Å². The number of hydrogen-bond donors (Lipinski definition) is 1. The summed E-state index contributed by atoms with van der Waals surface area (Å²) in [6, 6.07) is 0. The number of halogens is 1. The third kappa shape index (κ3) is 5.27. The molecule has 2 N–H and O–H groups in total. The highest BCUT2D eigenvalue weighted by atomic mass is 127. The Kier molecular flexibility index (Phi) is 7.92. The smallest absolute Gasteiger partial charge is 0.191 e. The Hall–Kier alpha value is -0.0800. The van der Waals surface area contributed by atoms with Crippen molar-refractivity contribution in [1.82, 2.24) is 4.90 Å². The first kappa shape index (κ1) is 16.0. The van der Waals surface area contributed by atoms with Gasteiger partial charge in [-0.05, 0) is 12.8 Å². The molecule has 2 fully saturated rings. The number of rotatable bonds is 4. The molecule has 0 spiro atoms. The molecule has 0 unspecified atom stereocenters. The van der Waals surface area contributed by atoms with Crippen molar-refractivity contribution in [3.63, 3.8) is 0 Å². The lowest BCUT2D eigenvalue weighted by Gasteiger charge is -2.27. The molecule has 0 amide bonds. The van der Waals surface area contributed by atoms with Crippen LogP contribution in [0.5, 0.6) is 0 Å². The van der Waals surface area contributed by atoms with E-state index >= 15 is 0 Å². The van der Waals surface area contributed by atoms with E-state index in [4.69, 9.17) is 15.2 Å². The van der Waals surface area contributed by atoms with Crippen molar-refractivity contribution in [2.75, 3.05) is 39.5 Å². The van der Waals surface area contributed by atoms with Crippen molar-refractivity contribution < 1.29 is 9.47 Å². The van der Waals surface area contributed by atoms with Gasteiger partial charge in [0, 0.05) is 13.1 Å². The predicted molar refractivity (Wildman–Crippen MR) is 82.5 cm³/mol. The van der Waals surface area contributed by atoms with E-state index in [1.165, 1.54) is 25.7 Å². The van der Waals surface area contributed by atoms with Gasteiger partial charge >= 0.3 is 0 Å². The number of nitrogens with two attached hydrogens (primary N) is 1. The molecule has 1 aliphatic carbocycles. The van der Waals surface area contributed by atoms with E-state index in [9.17, 15) is 0 Å². The predicted octanol–water partition coefficient (Wildman–Crippen LogP) is 1.21. The maximum Gasteiger partial charge on any atom is 0.191 e. The average Bonchev–Trinajstić information content (AvgIpc) is 2.88. The molecule has 0 atom stereocenters. The van der Waals surface area contributed by atoms with E-state index in [2.05, 4.69) is 9.89 Å². The molecule has 2 aliphatic rings. The van der Waals surface area contributed by atoms with Crippen molar-refractivity contribution in [2.45, 2.75) is 31.8 Å². The first-order chi connectivity index (χ1) is 8.36. The fraction of sp³-hybridized carbons (Fsp3) is 0.917. The summed E-state index contributed by atoms with van der Waals surface area (Å²) >= 11 is 0. The molecule has 1 saturated heterocycles. The van der Waals surface area contributed by atoms with Crippen LogP contribution in [-0.2, 0) is 9.47 Å². The topological polar surface area (TPSA) is 60.1 Å². The molecule has 5 nitrogen and oxygen atoms in total. The van der Waals surface area contributed by atoms with Crippen LogP contribution in [0, 0.1) is 0 Å². The van der Waals surface area contributed by atoms with E-state index in [-0.39, 0.29) is 24.0 Å². The SMILES string of the molecule is I.NC(=NCCOC1CCCC1)N1CCOCC1. The summed E-state index contributed by atoms with van der Waals surface area (Å²) < 4.78 is 11.0. The molecule has 18 heavy (non-hydrogen) atoms. The average molecular weight is 369 g/mol. The zero-order valence-electron chi connectivity index (χ0n) is 10.8. The second-order valence-electron chi connectivity index (χ2n) is 4.62. The van der Waals surface area contributed by atoms with Gasteiger partial charge in [0.15, 0.2) is 5.96 Å². The van der Waals surface area contributed by atoms with Crippen molar-refractivity contribution in [2.24, 2.45) is 10.7 Å². The van der Waals surface area contributed by atoms with Crippen LogP contribution in [-0.4, -0.2) is 56.4 Å². The summed E-state index contributed by atoms with van der Waals surface area (Å²) in [4.78, 5) is 6.42. The number of morpholine rings is 1. The van der Waals surface area contributed by atoms with Crippen molar-refractivity contribution in [1.29, 1.82) is 0 Å². The second kappa shape index (κ2) is 8.92. The van der Waals surface area contributed by atoms with Crippen LogP contribution in [0.3, 0.4) is 0 Å². The standard InChI is InChI=1S/C12H23N3O2.HI/c13-12(15-6-9-16-10-7-15)14-5-8-17-11-3-1-2-4-11;/h11H,1-10H2,(H2,13,14);1H. The van der Waals surface area contributed by atoms with Crippen LogP contribution in [0.4, 0.5) is 0 Å². The highest BCUT2D eigenvalue weighted by molar-refractivity contribution is 14.0. The highest BCUT2D eigenvalue weighted by Gasteiger charge is 2.15. The summed E-state index contributed by atoms with van der Waals surface area (Å²) in [7, 11) is 0. The Morgan fingerprint density at radius 3 is 2.61 bits per heavy atom. The Bertz CT molecular complexity index is 252. The lowest BCUT2D eigenvalue weighted by Crippen LogP contribution is -2.45. The van der Waals surface area contributed by atoms with Gasteiger partial charge in [0.1, 0.15) is 0 Å². The number of aliphatic imine (C=N–C) groups is 1. The quantitative estimate of drug-likeness (QED) is 0.350. The minimum absolute atomic E-state index is 0. The van der Waals surface area contributed by atoms with Crippen LogP contribution in [0.25, 0.3) is 0 Å². The van der Waals surface area contributed by atoms with E-state index < -0.39 is 0 Å². The maximum atomic E-state index is 5.91. The summed E-state index contributed by atoms with van der Waals surface area (Å²) in [6.45, 7) is 4.54. The van der Waals surface area contributed by atoms with Crippen molar-refractivity contribution in [3.05, 3.63) is 0 Å². The molecule has 6 heteroatoms. The largest absolute Gasteiger partial charge is 0.378 e. The molecular weight excluding hydrogens is 345 g/mol. The van der Waals surface area contributed by atoms with Crippen molar-refractivity contribution >= 4 is 29.9 Å². The summed E-state index contributed by atoms with van der Waals surface area (Å²) in [5.41, 5.74) is 5.91. The van der Waals surface area contributed by atoms with E-state index in [0.717, 1.165) is 26.3 Å². The normalized spacial score (nSPS) is 22.0. The Morgan fingerprint density at radius 2 is 1.94 bits per heavy atom. The first-order valence-corrected chi connectivity index (χ1v) is 6.60. The molecule has 0 radical (unpaired) electrons. The Morgan fingerprint density at radius 1 is 1.28 bits per heavy atom. The molecule has 2 rings (SSSR count). The summed E-state index contributed by atoms with van der Waals surface area (Å²) in [6.07, 6.45) is 5.51. The first-order valence-electron chi connectivity index (χ1n) is 6.60. The Labute approximate surface area is 126 Å². The van der Waals surface area contributed by atoms with Gasteiger partial charge in [0.2, 0.25) is 0 Å². The fourth-order valence-electron chi connectivity index (χ4n) is 2.33. The third-order valence-corrected chi connectivity index (χ3v) is 3.36. The van der Waals surface area contributed by atoms with Crippen molar-refractivity contribution in [3.8, 4) is 0 Å². The van der Waals surface area contributed by atoms with Gasteiger partial charge in [-0.1, -0.05) is 12.8 Å². The second-order valence-corrected chi connectivity index (χ2v) is 4.62. The van der Waals surface area contributed by atoms with Crippen LogP contribution >= 0.6 is 24.0 Å². The molecule has 1 aliphatic heterocycles. The maximum absolute atomic E-state index is 5.91. The van der Waals surface area contributed by atoms with Gasteiger partial charge < -0.3 is 20.1 Å². The van der Waals surface area contributed by atoms with E-state index in [0.29, 0.717) is 25.2 Å². The molecule has 1 heterocycles. The minimum Gasteiger partial charge on any atom is -0.378 e. The van der Waals surface area contributed by atoms with Gasteiger partial charge in [-0.25, -0.2) is 0 Å². The zero-order valence-corrected chi connectivity index (χ0v) is 13.2. The molecule has 0 aromatic carbocycles. The lowest BCUT2D eigenvalue weighted by atomic mass is 10.3. The molecule has 0 bridgehead atoms. The van der Waals surface area contributed by atoms with Gasteiger partial charge in [-0.2, -0.15) is 0 Å². The number of hydrogen-bond acceptors (Lipinski definition) is 3. The molecule has 0 aromatic heterocycles. The van der Waals surface area contributed by atoms with Crippen LogP contribution in [0.2, 0.25) is 0 Å². The van der Waals surface area contributed by atoms with Gasteiger partial charge in [0.05, 0.1) is 32.5 Å². The monoisotopic (exact) mass is 369 g/mol. The molecular formula is C12H24IN3O2. The zero-order chi connectivity index (χ0) is 11.9. The van der Waals surface area contributed by atoms with E-state index in [1.807, 2.05) is 0 Å². The molecule has 0 aromatic rings. The van der Waals surface area contributed by atoms with Crippen LogP contribution in [0.15, 0.2) is 4.99 Å². The number of nitrogens with zero attached hydrogens (tertiary/aromatic N) is 2. The van der Waals surface area contributed by atoms with Crippen LogP contribution < -0.4 is 5.73 Å². The fourth-order valence-corrected chi connectivity index (χ4v) is 2.33. The molecule has 1 saturated carbocycles. The highest BCUT2D eigenvalue weighted by Crippen LogP contribution is 2.20. The van der Waals surface area contributed by atoms with Crippen LogP contribution in [0.1, 0.15) is 25.7 Å². The lowest BCUT2D eigenvalue weighted by molar-refractivity contribution is 0.0621. The van der Waals surface area contributed by atoms with Gasteiger partial charge in [0.25, 0.3) is 0 Å². The third-order valence-electron chi connectivity index (χ3n) is 3.36. The van der Waals surface area contributed by atoms with Gasteiger partial charge in [-0.3, -0.25) is 4.99 Å². The number of guanidine groups is 1. The summed E-state index contributed by atoms with van der Waals surface area (Å²) in [5.74, 6) is 0.628. The molecule has 106 valence electrons. The minimum atomic E-state index is 0. The van der Waals surface area contributed by atoms with E-state index in [1.54, 1.807) is 0 Å². The number of ether oxygens (including phenoxy) is 2.